The van der Waals surface area contributed by atoms with Gasteiger partial charge in [-0.15, -0.1) is 0 Å². The second-order valence-electron chi connectivity index (χ2n) is 5.08. The van der Waals surface area contributed by atoms with Crippen LogP contribution in [0, 0.1) is 11.8 Å². The Labute approximate surface area is 91.8 Å². The molecule has 1 amide bonds. The van der Waals surface area contributed by atoms with Crippen molar-refractivity contribution in [3.63, 3.8) is 0 Å². The number of carbonyl (C=O) groups is 1. The summed E-state index contributed by atoms with van der Waals surface area (Å²) < 4.78 is 0. The molecule has 0 saturated heterocycles. The topological polar surface area (TPSA) is 55.1 Å². The van der Waals surface area contributed by atoms with Gasteiger partial charge in [-0.05, 0) is 57.4 Å². The molecule has 2 saturated carbocycles. The fourth-order valence-corrected chi connectivity index (χ4v) is 2.50. The Hall–Kier alpha value is -0.570. The smallest absolute Gasteiger partial charge is 0.223 e. The number of hydrogen-bond donors (Lipinski definition) is 2. The van der Waals surface area contributed by atoms with E-state index >= 15 is 0 Å². The Kier molecular flexibility index (Phi) is 3.62. The molecule has 0 bridgehead atoms. The van der Waals surface area contributed by atoms with E-state index in [1.165, 1.54) is 25.7 Å². The van der Waals surface area contributed by atoms with Crippen molar-refractivity contribution in [3.05, 3.63) is 0 Å². The summed E-state index contributed by atoms with van der Waals surface area (Å²) in [4.78, 5) is 11.8. The molecular formula is C12H22N2O. The van der Waals surface area contributed by atoms with Crippen molar-refractivity contribution < 1.29 is 4.79 Å². The average Bonchev–Trinajstić information content (AvgIpc) is 3.03. The number of nitrogens with two attached hydrogens (primary N) is 1. The zero-order chi connectivity index (χ0) is 10.7. The highest BCUT2D eigenvalue weighted by molar-refractivity contribution is 5.79. The maximum Gasteiger partial charge on any atom is 0.223 e. The van der Waals surface area contributed by atoms with Crippen molar-refractivity contribution in [3.8, 4) is 0 Å². The van der Waals surface area contributed by atoms with Crippen LogP contribution in [0.5, 0.6) is 0 Å². The van der Waals surface area contributed by atoms with Gasteiger partial charge in [0.25, 0.3) is 0 Å². The molecule has 86 valence electrons. The van der Waals surface area contributed by atoms with Gasteiger partial charge in [-0.2, -0.15) is 0 Å². The van der Waals surface area contributed by atoms with Gasteiger partial charge in [-0.1, -0.05) is 0 Å². The van der Waals surface area contributed by atoms with Crippen LogP contribution in [-0.4, -0.2) is 18.5 Å². The first-order chi connectivity index (χ1) is 7.29. The Morgan fingerprint density at radius 3 is 2.33 bits per heavy atom. The molecule has 2 rings (SSSR count). The van der Waals surface area contributed by atoms with Crippen molar-refractivity contribution >= 4 is 5.91 Å². The molecule has 0 aliphatic heterocycles. The molecule has 0 aromatic rings. The molecule has 3 N–H and O–H groups in total. The summed E-state index contributed by atoms with van der Waals surface area (Å²) in [7, 11) is 0. The molecule has 0 aromatic carbocycles. The summed E-state index contributed by atoms with van der Waals surface area (Å²) >= 11 is 0. The van der Waals surface area contributed by atoms with Crippen LogP contribution in [0.3, 0.4) is 0 Å². The minimum absolute atomic E-state index is 0.291. The van der Waals surface area contributed by atoms with Gasteiger partial charge in [0.1, 0.15) is 0 Å². The molecule has 0 radical (unpaired) electrons. The van der Waals surface area contributed by atoms with E-state index in [2.05, 4.69) is 5.32 Å². The minimum atomic E-state index is 0.291. The van der Waals surface area contributed by atoms with Gasteiger partial charge in [0.15, 0.2) is 0 Å². The van der Waals surface area contributed by atoms with Crippen LogP contribution in [0.15, 0.2) is 0 Å². The molecule has 2 aliphatic carbocycles. The highest BCUT2D eigenvalue weighted by Gasteiger charge is 2.30. The molecule has 0 aromatic heterocycles. The predicted molar refractivity (Wildman–Crippen MR) is 60.3 cm³/mol. The number of amides is 1. The SMILES string of the molecule is NCCC1CCC(C(=O)NC2CC2)CC1. The van der Waals surface area contributed by atoms with Crippen molar-refractivity contribution in [2.45, 2.75) is 51.0 Å². The number of nitrogens with one attached hydrogen (secondary N) is 1. The van der Waals surface area contributed by atoms with Crippen LogP contribution < -0.4 is 11.1 Å². The molecule has 0 heterocycles. The molecule has 15 heavy (non-hydrogen) atoms. The van der Waals surface area contributed by atoms with Crippen LogP contribution in [-0.2, 0) is 4.79 Å². The normalized spacial score (nSPS) is 31.3. The Bertz CT molecular complexity index is 218. The second kappa shape index (κ2) is 4.97. The van der Waals surface area contributed by atoms with Crippen LogP contribution in [0.2, 0.25) is 0 Å². The second-order valence-corrected chi connectivity index (χ2v) is 5.08. The third kappa shape index (κ3) is 3.20. The summed E-state index contributed by atoms with van der Waals surface area (Å²) in [5, 5.41) is 3.11. The van der Waals surface area contributed by atoms with Crippen LogP contribution >= 0.6 is 0 Å². The van der Waals surface area contributed by atoms with Gasteiger partial charge in [0.2, 0.25) is 5.91 Å². The van der Waals surface area contributed by atoms with E-state index in [-0.39, 0.29) is 0 Å². The third-order valence-electron chi connectivity index (χ3n) is 3.72. The molecule has 3 heteroatoms. The number of carbonyl (C=O) groups excluding carboxylic acids is 1. The first-order valence-corrected chi connectivity index (χ1v) is 6.30. The lowest BCUT2D eigenvalue weighted by Crippen LogP contribution is -2.34. The van der Waals surface area contributed by atoms with E-state index in [9.17, 15) is 4.79 Å². The van der Waals surface area contributed by atoms with Gasteiger partial charge in [0, 0.05) is 12.0 Å². The van der Waals surface area contributed by atoms with E-state index in [0.29, 0.717) is 17.9 Å². The maximum absolute atomic E-state index is 11.8. The lowest BCUT2D eigenvalue weighted by molar-refractivity contribution is -0.126. The monoisotopic (exact) mass is 210 g/mol. The summed E-state index contributed by atoms with van der Waals surface area (Å²) in [5.74, 6) is 1.38. The van der Waals surface area contributed by atoms with E-state index in [0.717, 1.165) is 31.7 Å². The van der Waals surface area contributed by atoms with Crippen LogP contribution in [0.25, 0.3) is 0 Å². The van der Waals surface area contributed by atoms with Crippen molar-refractivity contribution in [2.24, 2.45) is 17.6 Å². The molecule has 3 nitrogen and oxygen atoms in total. The average molecular weight is 210 g/mol. The summed E-state index contributed by atoms with van der Waals surface area (Å²) in [6, 6.07) is 0.513. The quantitative estimate of drug-likeness (QED) is 0.737. The summed E-state index contributed by atoms with van der Waals surface area (Å²) in [5.41, 5.74) is 5.55. The molecular weight excluding hydrogens is 188 g/mol. The molecule has 0 unspecified atom stereocenters. The molecule has 2 aliphatic rings. The summed E-state index contributed by atoms with van der Waals surface area (Å²) in [6.07, 6.45) is 8.05. The standard InChI is InChI=1S/C12H22N2O/c13-8-7-9-1-3-10(4-2-9)12(15)14-11-5-6-11/h9-11H,1-8,13H2,(H,14,15). The van der Waals surface area contributed by atoms with Crippen LogP contribution in [0.4, 0.5) is 0 Å². The maximum atomic E-state index is 11.8. The van der Waals surface area contributed by atoms with Crippen molar-refractivity contribution in [2.75, 3.05) is 6.54 Å². The molecule has 0 spiro atoms. The highest BCUT2D eigenvalue weighted by Crippen LogP contribution is 2.31. The third-order valence-corrected chi connectivity index (χ3v) is 3.72. The lowest BCUT2D eigenvalue weighted by atomic mass is 9.80. The zero-order valence-corrected chi connectivity index (χ0v) is 9.37. The van der Waals surface area contributed by atoms with Gasteiger partial charge in [-0.3, -0.25) is 4.79 Å². The van der Waals surface area contributed by atoms with E-state index in [4.69, 9.17) is 5.73 Å². The fourth-order valence-electron chi connectivity index (χ4n) is 2.50. The summed E-state index contributed by atoms with van der Waals surface area (Å²) in [6.45, 7) is 0.795. The van der Waals surface area contributed by atoms with Crippen molar-refractivity contribution in [1.82, 2.24) is 5.32 Å². The van der Waals surface area contributed by atoms with Crippen LogP contribution in [0.1, 0.15) is 44.9 Å². The first kappa shape index (κ1) is 10.9. The Morgan fingerprint density at radius 2 is 1.80 bits per heavy atom. The van der Waals surface area contributed by atoms with Gasteiger partial charge < -0.3 is 11.1 Å². The number of rotatable bonds is 4. The van der Waals surface area contributed by atoms with Crippen molar-refractivity contribution in [1.29, 1.82) is 0 Å². The minimum Gasteiger partial charge on any atom is -0.353 e. The first-order valence-electron chi connectivity index (χ1n) is 6.30. The molecule has 2 fully saturated rings. The number of hydrogen-bond acceptors (Lipinski definition) is 2. The zero-order valence-electron chi connectivity index (χ0n) is 9.37. The van der Waals surface area contributed by atoms with Gasteiger partial charge in [0.05, 0.1) is 0 Å². The van der Waals surface area contributed by atoms with E-state index in [1.54, 1.807) is 0 Å². The van der Waals surface area contributed by atoms with Gasteiger partial charge in [-0.25, -0.2) is 0 Å². The highest BCUT2D eigenvalue weighted by atomic mass is 16.2. The van der Waals surface area contributed by atoms with Gasteiger partial charge >= 0.3 is 0 Å². The lowest BCUT2D eigenvalue weighted by Gasteiger charge is -2.27. The van der Waals surface area contributed by atoms with E-state index < -0.39 is 0 Å². The predicted octanol–water partition coefficient (Wildman–Crippen LogP) is 1.42. The Balaban J connectivity index is 1.69. The van der Waals surface area contributed by atoms with E-state index in [1.807, 2.05) is 0 Å². The fraction of sp³-hybridized carbons (Fsp3) is 0.917. The Morgan fingerprint density at radius 1 is 1.13 bits per heavy atom. The molecule has 0 atom stereocenters. The largest absolute Gasteiger partial charge is 0.353 e.